The second-order valence-electron chi connectivity index (χ2n) is 5.62. The van der Waals surface area contributed by atoms with E-state index in [1.807, 2.05) is 0 Å². The van der Waals surface area contributed by atoms with Gasteiger partial charge < -0.3 is 10.2 Å². The predicted molar refractivity (Wildman–Crippen MR) is 72.1 cm³/mol. The molecule has 1 rings (SSSR count). The molecule has 0 radical (unpaired) electrons. The molecule has 0 saturated carbocycles. The summed E-state index contributed by atoms with van der Waals surface area (Å²) in [6.07, 6.45) is 3.55. The monoisotopic (exact) mass is 262 g/mol. The quantitative estimate of drug-likeness (QED) is 0.799. The number of sulfone groups is 1. The standard InChI is InChI=1S/C12H26N2O2S/c1-5-14-8-6-11(7-9-14)13-10-12(2,3)17(4,15)16/h11,13H,5-10H2,1-4H3. The van der Waals surface area contributed by atoms with Gasteiger partial charge in [0.2, 0.25) is 0 Å². The van der Waals surface area contributed by atoms with E-state index in [4.69, 9.17) is 0 Å². The Morgan fingerprint density at radius 3 is 2.24 bits per heavy atom. The van der Waals surface area contributed by atoms with Gasteiger partial charge in [0, 0.05) is 18.8 Å². The van der Waals surface area contributed by atoms with E-state index in [1.165, 1.54) is 6.26 Å². The van der Waals surface area contributed by atoms with E-state index >= 15 is 0 Å². The Morgan fingerprint density at radius 1 is 1.29 bits per heavy atom. The zero-order chi connectivity index (χ0) is 13.1. The number of hydrogen-bond donors (Lipinski definition) is 1. The summed E-state index contributed by atoms with van der Waals surface area (Å²) < 4.78 is 22.5. The van der Waals surface area contributed by atoms with Gasteiger partial charge in [-0.2, -0.15) is 0 Å². The van der Waals surface area contributed by atoms with Crippen LogP contribution in [0, 0.1) is 0 Å². The highest BCUT2D eigenvalue weighted by atomic mass is 32.2. The van der Waals surface area contributed by atoms with Crippen LogP contribution in [0.4, 0.5) is 0 Å². The molecule has 0 amide bonds. The first-order valence-electron chi connectivity index (χ1n) is 6.41. The molecule has 0 aromatic carbocycles. The summed E-state index contributed by atoms with van der Waals surface area (Å²) in [6.45, 7) is 9.65. The fraction of sp³-hybridized carbons (Fsp3) is 1.00. The van der Waals surface area contributed by atoms with Gasteiger partial charge in [-0.3, -0.25) is 0 Å². The molecule has 4 nitrogen and oxygen atoms in total. The third kappa shape index (κ3) is 4.23. The van der Waals surface area contributed by atoms with Crippen LogP contribution < -0.4 is 5.32 Å². The number of hydrogen-bond acceptors (Lipinski definition) is 4. The fourth-order valence-corrected chi connectivity index (χ4v) is 2.32. The van der Waals surface area contributed by atoms with Crippen molar-refractivity contribution in [2.45, 2.75) is 44.4 Å². The summed E-state index contributed by atoms with van der Waals surface area (Å²) in [4.78, 5) is 2.43. The number of nitrogens with one attached hydrogen (secondary N) is 1. The molecular weight excluding hydrogens is 236 g/mol. The van der Waals surface area contributed by atoms with E-state index in [0.717, 1.165) is 32.5 Å². The highest BCUT2D eigenvalue weighted by molar-refractivity contribution is 7.92. The molecule has 1 heterocycles. The van der Waals surface area contributed by atoms with Crippen LogP contribution in [0.15, 0.2) is 0 Å². The number of nitrogens with zero attached hydrogens (tertiary/aromatic N) is 1. The largest absolute Gasteiger partial charge is 0.312 e. The smallest absolute Gasteiger partial charge is 0.153 e. The first kappa shape index (κ1) is 14.9. The molecule has 1 aliphatic heterocycles. The van der Waals surface area contributed by atoms with Crippen molar-refractivity contribution in [3.8, 4) is 0 Å². The maximum atomic E-state index is 11.6. The molecule has 0 bridgehead atoms. The highest BCUT2D eigenvalue weighted by Crippen LogP contribution is 2.16. The average molecular weight is 262 g/mol. The van der Waals surface area contributed by atoms with Crippen molar-refractivity contribution >= 4 is 9.84 Å². The van der Waals surface area contributed by atoms with Gasteiger partial charge in [0.15, 0.2) is 9.84 Å². The summed E-state index contributed by atoms with van der Waals surface area (Å²) in [5, 5.41) is 3.41. The molecule has 0 atom stereocenters. The maximum Gasteiger partial charge on any atom is 0.153 e. The number of likely N-dealkylation sites (tertiary alicyclic amines) is 1. The third-order valence-corrected chi connectivity index (χ3v) is 6.01. The molecule has 0 aromatic heterocycles. The van der Waals surface area contributed by atoms with Crippen LogP contribution in [0.25, 0.3) is 0 Å². The average Bonchev–Trinajstić information content (AvgIpc) is 2.25. The van der Waals surface area contributed by atoms with E-state index in [0.29, 0.717) is 12.6 Å². The predicted octanol–water partition coefficient (Wildman–Crippen LogP) is 0.884. The van der Waals surface area contributed by atoms with E-state index in [-0.39, 0.29) is 0 Å². The Morgan fingerprint density at radius 2 is 1.82 bits per heavy atom. The zero-order valence-corrected chi connectivity index (χ0v) is 12.3. The summed E-state index contributed by atoms with van der Waals surface area (Å²) in [7, 11) is -2.99. The van der Waals surface area contributed by atoms with Crippen molar-refractivity contribution < 1.29 is 8.42 Å². The van der Waals surface area contributed by atoms with Gasteiger partial charge in [-0.15, -0.1) is 0 Å². The lowest BCUT2D eigenvalue weighted by molar-refractivity contribution is 0.205. The zero-order valence-electron chi connectivity index (χ0n) is 11.5. The molecule has 102 valence electrons. The van der Waals surface area contributed by atoms with Crippen molar-refractivity contribution in [1.29, 1.82) is 0 Å². The highest BCUT2D eigenvalue weighted by Gasteiger charge is 2.31. The van der Waals surface area contributed by atoms with Crippen molar-refractivity contribution in [2.24, 2.45) is 0 Å². The third-order valence-electron chi connectivity index (χ3n) is 3.86. The number of rotatable bonds is 5. The van der Waals surface area contributed by atoms with Crippen LogP contribution in [0.2, 0.25) is 0 Å². The fourth-order valence-electron chi connectivity index (χ4n) is 1.97. The summed E-state index contributed by atoms with van der Waals surface area (Å²) in [5.74, 6) is 0. The molecule has 5 heteroatoms. The minimum absolute atomic E-state index is 0.471. The van der Waals surface area contributed by atoms with E-state index in [2.05, 4.69) is 17.1 Å². The van der Waals surface area contributed by atoms with Crippen LogP contribution in [-0.4, -0.2) is 56.5 Å². The summed E-state index contributed by atoms with van der Waals surface area (Å²) >= 11 is 0. The minimum Gasteiger partial charge on any atom is -0.312 e. The lowest BCUT2D eigenvalue weighted by Gasteiger charge is -2.33. The first-order chi connectivity index (χ1) is 7.76. The molecule has 1 fully saturated rings. The Kier molecular flexibility index (Phi) is 4.98. The SMILES string of the molecule is CCN1CCC(NCC(C)(C)S(C)(=O)=O)CC1. The second kappa shape index (κ2) is 5.67. The Labute approximate surface area is 106 Å². The molecule has 0 unspecified atom stereocenters. The molecule has 1 saturated heterocycles. The normalized spacial score (nSPS) is 20.7. The van der Waals surface area contributed by atoms with Crippen molar-refractivity contribution in [3.63, 3.8) is 0 Å². The number of piperidine rings is 1. The van der Waals surface area contributed by atoms with Gasteiger partial charge >= 0.3 is 0 Å². The van der Waals surface area contributed by atoms with E-state index < -0.39 is 14.6 Å². The molecular formula is C12H26N2O2S. The lowest BCUT2D eigenvalue weighted by Crippen LogP contribution is -2.48. The van der Waals surface area contributed by atoms with Gasteiger partial charge in [0.05, 0.1) is 4.75 Å². The van der Waals surface area contributed by atoms with Gasteiger partial charge in [-0.1, -0.05) is 6.92 Å². The van der Waals surface area contributed by atoms with E-state index in [9.17, 15) is 8.42 Å². The first-order valence-corrected chi connectivity index (χ1v) is 8.31. The van der Waals surface area contributed by atoms with Crippen LogP contribution in [-0.2, 0) is 9.84 Å². The van der Waals surface area contributed by atoms with Crippen molar-refractivity contribution in [2.75, 3.05) is 32.4 Å². The molecule has 0 aliphatic carbocycles. The lowest BCUT2D eigenvalue weighted by atomic mass is 10.0. The van der Waals surface area contributed by atoms with Crippen molar-refractivity contribution in [1.82, 2.24) is 10.2 Å². The molecule has 0 spiro atoms. The van der Waals surface area contributed by atoms with Crippen LogP contribution in [0.1, 0.15) is 33.6 Å². The minimum atomic E-state index is -2.99. The molecule has 0 aromatic rings. The van der Waals surface area contributed by atoms with Crippen LogP contribution in [0.3, 0.4) is 0 Å². The Balaban J connectivity index is 2.38. The molecule has 17 heavy (non-hydrogen) atoms. The second-order valence-corrected chi connectivity index (χ2v) is 8.27. The summed E-state index contributed by atoms with van der Waals surface area (Å²) in [5.41, 5.74) is 0. The van der Waals surface area contributed by atoms with Gasteiger partial charge in [0.25, 0.3) is 0 Å². The topological polar surface area (TPSA) is 49.4 Å². The Hall–Kier alpha value is -0.130. The van der Waals surface area contributed by atoms with Gasteiger partial charge in [-0.25, -0.2) is 8.42 Å². The van der Waals surface area contributed by atoms with Crippen LogP contribution >= 0.6 is 0 Å². The molecule has 1 N–H and O–H groups in total. The van der Waals surface area contributed by atoms with Gasteiger partial charge in [0.1, 0.15) is 0 Å². The molecule has 1 aliphatic rings. The van der Waals surface area contributed by atoms with Crippen molar-refractivity contribution in [3.05, 3.63) is 0 Å². The van der Waals surface area contributed by atoms with Crippen LogP contribution in [0.5, 0.6) is 0 Å². The van der Waals surface area contributed by atoms with Gasteiger partial charge in [-0.05, 0) is 46.3 Å². The maximum absolute atomic E-state index is 11.6. The van der Waals surface area contributed by atoms with E-state index in [1.54, 1.807) is 13.8 Å². The summed E-state index contributed by atoms with van der Waals surface area (Å²) in [6, 6.07) is 0.471. The Bertz CT molecular complexity index is 330.